The molecule has 4 aromatic rings. The molecule has 0 bridgehead atoms. The molecule has 0 saturated carbocycles. The SMILES string of the molecule is C=CC1=CN=C2C=C(c3cccc(-c4cccc(-c5ccc6c(C=C)cn(C)c6c5)c4Cl)c3C)C=CN2C1=C. The maximum Gasteiger partial charge on any atom is 0.137 e. The van der Waals surface area contributed by atoms with E-state index in [0.717, 1.165) is 72.2 Å². The summed E-state index contributed by atoms with van der Waals surface area (Å²) in [4.78, 5) is 6.61. The number of hydrogen-bond donors (Lipinski definition) is 0. The lowest BCUT2D eigenvalue weighted by Gasteiger charge is -2.29. The maximum absolute atomic E-state index is 7.14. The van der Waals surface area contributed by atoms with Gasteiger partial charge in [0.1, 0.15) is 5.84 Å². The Bertz CT molecular complexity index is 1840. The highest BCUT2D eigenvalue weighted by atomic mass is 35.5. The largest absolute Gasteiger partial charge is 0.350 e. The van der Waals surface area contributed by atoms with Crippen molar-refractivity contribution in [1.82, 2.24) is 9.47 Å². The Hall–Kier alpha value is -4.60. The van der Waals surface area contributed by atoms with Crippen LogP contribution >= 0.6 is 11.6 Å². The van der Waals surface area contributed by atoms with Crippen molar-refractivity contribution in [3.8, 4) is 22.3 Å². The molecule has 0 unspecified atom stereocenters. The number of allylic oxidation sites excluding steroid dienone is 3. The molecule has 0 amide bonds. The average molecular weight is 526 g/mol. The number of hydrogen-bond acceptors (Lipinski definition) is 2. The van der Waals surface area contributed by atoms with E-state index in [2.05, 4.69) is 116 Å². The fourth-order valence-electron chi connectivity index (χ4n) is 5.45. The maximum atomic E-state index is 7.14. The first kappa shape index (κ1) is 24.7. The first-order valence-corrected chi connectivity index (χ1v) is 13.2. The van der Waals surface area contributed by atoms with Crippen LogP contribution in [0.1, 0.15) is 16.7 Å². The van der Waals surface area contributed by atoms with Crippen LogP contribution in [0.2, 0.25) is 5.02 Å². The van der Waals surface area contributed by atoms with Gasteiger partial charge in [-0.05, 0) is 58.5 Å². The molecule has 0 saturated heterocycles. The van der Waals surface area contributed by atoms with Gasteiger partial charge in [0, 0.05) is 58.9 Å². The zero-order valence-electron chi connectivity index (χ0n) is 22.1. The smallest absolute Gasteiger partial charge is 0.137 e. The molecule has 0 radical (unpaired) electrons. The van der Waals surface area contributed by atoms with E-state index in [1.807, 2.05) is 23.4 Å². The predicted molar refractivity (Wildman–Crippen MR) is 167 cm³/mol. The van der Waals surface area contributed by atoms with Crippen molar-refractivity contribution in [2.45, 2.75) is 6.92 Å². The Balaban J connectivity index is 1.42. The van der Waals surface area contributed by atoms with E-state index >= 15 is 0 Å². The van der Waals surface area contributed by atoms with Crippen LogP contribution in [0.15, 0.2) is 127 Å². The second-order valence-corrected chi connectivity index (χ2v) is 10.2. The number of benzene rings is 3. The Morgan fingerprint density at radius 1 is 0.923 bits per heavy atom. The van der Waals surface area contributed by atoms with Gasteiger partial charge in [0.2, 0.25) is 0 Å². The molecule has 0 fully saturated rings. The number of aliphatic imine (C=N–C) groups is 1. The van der Waals surface area contributed by atoms with Gasteiger partial charge in [-0.25, -0.2) is 4.99 Å². The lowest BCUT2D eigenvalue weighted by molar-refractivity contribution is 0.698. The second kappa shape index (κ2) is 9.61. The van der Waals surface area contributed by atoms with Gasteiger partial charge in [-0.2, -0.15) is 0 Å². The van der Waals surface area contributed by atoms with Gasteiger partial charge in [-0.3, -0.25) is 0 Å². The van der Waals surface area contributed by atoms with Crippen molar-refractivity contribution in [1.29, 1.82) is 0 Å². The number of amidine groups is 1. The standard InChI is InChI=1S/C35H28ClN3/c1-6-24-20-37-34-19-27(16-17-39(34)23(24)4)28-10-8-11-29(22(28)3)32-13-9-12-31(35(32)36)26-14-15-30-25(7-2)21-38(5)33(30)18-26/h6-21H,1-2,4H2,3,5H3. The fraction of sp³-hybridized carbons (Fsp3) is 0.0571. The monoisotopic (exact) mass is 525 g/mol. The molecular weight excluding hydrogens is 498 g/mol. The third-order valence-corrected chi connectivity index (χ3v) is 8.01. The van der Waals surface area contributed by atoms with E-state index in [1.165, 1.54) is 5.39 Å². The van der Waals surface area contributed by atoms with Gasteiger partial charge < -0.3 is 9.47 Å². The molecule has 3 aromatic carbocycles. The Morgan fingerprint density at radius 2 is 1.67 bits per heavy atom. The molecule has 3 nitrogen and oxygen atoms in total. The minimum Gasteiger partial charge on any atom is -0.350 e. The van der Waals surface area contributed by atoms with Crippen LogP contribution in [-0.4, -0.2) is 15.3 Å². The summed E-state index contributed by atoms with van der Waals surface area (Å²) in [5, 5.41) is 1.92. The van der Waals surface area contributed by atoms with Crippen LogP contribution in [0.4, 0.5) is 0 Å². The second-order valence-electron chi connectivity index (χ2n) is 9.78. The summed E-state index contributed by atoms with van der Waals surface area (Å²) in [6, 6.07) is 19.1. The third-order valence-electron chi connectivity index (χ3n) is 7.60. The Labute approximate surface area is 234 Å². The number of aryl methyl sites for hydroxylation is 1. The third kappa shape index (κ3) is 4.03. The number of halogens is 1. The van der Waals surface area contributed by atoms with Gasteiger partial charge in [-0.1, -0.05) is 92.0 Å². The fourth-order valence-corrected chi connectivity index (χ4v) is 5.79. The summed E-state index contributed by atoms with van der Waals surface area (Å²) < 4.78 is 2.13. The minimum absolute atomic E-state index is 0.740. The molecule has 4 heteroatoms. The Kier molecular flexibility index (Phi) is 6.09. The lowest BCUT2D eigenvalue weighted by Crippen LogP contribution is -2.28. The first-order chi connectivity index (χ1) is 18.9. The summed E-state index contributed by atoms with van der Waals surface area (Å²) >= 11 is 7.14. The topological polar surface area (TPSA) is 20.5 Å². The predicted octanol–water partition coefficient (Wildman–Crippen LogP) is 9.33. The molecule has 1 aromatic heterocycles. The van der Waals surface area contributed by atoms with E-state index in [9.17, 15) is 0 Å². The van der Waals surface area contributed by atoms with Crippen LogP contribution in [0.25, 0.3) is 44.8 Å². The van der Waals surface area contributed by atoms with Crippen molar-refractivity contribution < 1.29 is 0 Å². The molecule has 3 heterocycles. The number of fused-ring (bicyclic) bond motifs is 2. The molecule has 0 spiro atoms. The highest BCUT2D eigenvalue weighted by Gasteiger charge is 2.22. The molecule has 2 aliphatic rings. The molecule has 0 atom stereocenters. The minimum atomic E-state index is 0.740. The zero-order valence-corrected chi connectivity index (χ0v) is 22.8. The van der Waals surface area contributed by atoms with Crippen LogP contribution < -0.4 is 0 Å². The highest BCUT2D eigenvalue weighted by Crippen LogP contribution is 2.40. The van der Waals surface area contributed by atoms with Crippen molar-refractivity contribution in [2.24, 2.45) is 12.0 Å². The highest BCUT2D eigenvalue weighted by molar-refractivity contribution is 6.36. The van der Waals surface area contributed by atoms with Crippen LogP contribution in [0, 0.1) is 6.92 Å². The number of nitrogens with zero attached hydrogens (tertiary/aromatic N) is 3. The molecule has 190 valence electrons. The zero-order chi connectivity index (χ0) is 27.3. The summed E-state index contributed by atoms with van der Waals surface area (Å²) in [7, 11) is 2.06. The lowest BCUT2D eigenvalue weighted by atomic mass is 9.90. The molecule has 0 aliphatic carbocycles. The van der Waals surface area contributed by atoms with Crippen molar-refractivity contribution in [2.75, 3.05) is 0 Å². The van der Waals surface area contributed by atoms with Gasteiger partial charge in [0.05, 0.1) is 5.02 Å². The summed E-state index contributed by atoms with van der Waals surface area (Å²) in [5.41, 5.74) is 11.7. The molecule has 39 heavy (non-hydrogen) atoms. The first-order valence-electron chi connectivity index (χ1n) is 12.8. The molecule has 2 aliphatic heterocycles. The number of rotatable bonds is 5. The number of aromatic nitrogens is 1. The van der Waals surface area contributed by atoms with Gasteiger partial charge >= 0.3 is 0 Å². The Morgan fingerprint density at radius 3 is 2.44 bits per heavy atom. The normalized spacial score (nSPS) is 14.6. The molecule has 6 rings (SSSR count). The summed E-state index contributed by atoms with van der Waals surface area (Å²) in [6.07, 6.45) is 13.8. The summed E-state index contributed by atoms with van der Waals surface area (Å²) in [5.74, 6) is 0.837. The van der Waals surface area contributed by atoms with E-state index in [0.29, 0.717) is 0 Å². The van der Waals surface area contributed by atoms with Crippen LogP contribution in [0.3, 0.4) is 0 Å². The van der Waals surface area contributed by atoms with E-state index in [4.69, 9.17) is 11.6 Å². The molecular formula is C35H28ClN3. The van der Waals surface area contributed by atoms with E-state index in [1.54, 1.807) is 6.08 Å². The van der Waals surface area contributed by atoms with Gasteiger partial charge in [-0.15, -0.1) is 0 Å². The average Bonchev–Trinajstić information content (AvgIpc) is 3.28. The summed E-state index contributed by atoms with van der Waals surface area (Å²) in [6.45, 7) is 14.2. The van der Waals surface area contributed by atoms with Crippen LogP contribution in [-0.2, 0) is 7.05 Å². The molecule has 0 N–H and O–H groups in total. The van der Waals surface area contributed by atoms with Crippen molar-refractivity contribution in [3.63, 3.8) is 0 Å². The van der Waals surface area contributed by atoms with Crippen molar-refractivity contribution in [3.05, 3.63) is 144 Å². The van der Waals surface area contributed by atoms with E-state index in [-0.39, 0.29) is 0 Å². The van der Waals surface area contributed by atoms with E-state index < -0.39 is 0 Å². The van der Waals surface area contributed by atoms with Crippen molar-refractivity contribution >= 4 is 40.0 Å². The van der Waals surface area contributed by atoms with Gasteiger partial charge in [0.25, 0.3) is 0 Å². The van der Waals surface area contributed by atoms with Crippen LogP contribution in [0.5, 0.6) is 0 Å². The van der Waals surface area contributed by atoms with Gasteiger partial charge in [0.15, 0.2) is 0 Å². The quantitative estimate of drug-likeness (QED) is 0.254.